The van der Waals surface area contributed by atoms with Gasteiger partial charge in [-0.1, -0.05) is 72.8 Å². The fourth-order valence-electron chi connectivity index (χ4n) is 4.06. The average Bonchev–Trinajstić information content (AvgIpc) is 3.29. The molecule has 180 valence electrons. The largest absolute Gasteiger partial charge is 0.489 e. The summed E-state index contributed by atoms with van der Waals surface area (Å²) in [7, 11) is 0. The molecule has 6 heteroatoms. The van der Waals surface area contributed by atoms with Crippen LogP contribution in [0.25, 0.3) is 0 Å². The van der Waals surface area contributed by atoms with Crippen LogP contribution in [-0.2, 0) is 17.9 Å². The summed E-state index contributed by atoms with van der Waals surface area (Å²) in [5.74, 6) is 1.15. The fourth-order valence-corrected chi connectivity index (χ4v) is 5.25. The number of amides is 2. The van der Waals surface area contributed by atoms with Gasteiger partial charge in [-0.2, -0.15) is 0 Å². The van der Waals surface area contributed by atoms with Crippen LogP contribution in [0.15, 0.2) is 109 Å². The maximum absolute atomic E-state index is 12.8. The first-order valence-corrected chi connectivity index (χ1v) is 12.8. The fraction of sp³-hybridized carbons (Fsp3) is 0.133. The van der Waals surface area contributed by atoms with Gasteiger partial charge in [-0.05, 0) is 53.1 Å². The predicted octanol–water partition coefficient (Wildman–Crippen LogP) is 6.29. The zero-order chi connectivity index (χ0) is 24.7. The van der Waals surface area contributed by atoms with Crippen LogP contribution < -0.4 is 10.1 Å². The van der Waals surface area contributed by atoms with Gasteiger partial charge in [0.05, 0.1) is 5.75 Å². The van der Waals surface area contributed by atoms with Crippen molar-refractivity contribution in [2.24, 2.45) is 0 Å². The minimum atomic E-state index is -0.184. The molecule has 5 nitrogen and oxygen atoms in total. The topological polar surface area (TPSA) is 58.6 Å². The zero-order valence-corrected chi connectivity index (χ0v) is 20.5. The lowest BCUT2D eigenvalue weighted by molar-refractivity contribution is -0.128. The number of nitrogens with zero attached hydrogens (tertiary/aromatic N) is 1. The molecule has 0 spiro atoms. The maximum Gasteiger partial charge on any atom is 0.255 e. The molecule has 1 saturated heterocycles. The highest BCUT2D eigenvalue weighted by molar-refractivity contribution is 8.00. The molecule has 0 aliphatic carbocycles. The minimum Gasteiger partial charge on any atom is -0.489 e. The lowest BCUT2D eigenvalue weighted by atomic mass is 10.1. The number of anilines is 1. The molecule has 1 fully saturated rings. The van der Waals surface area contributed by atoms with E-state index in [1.807, 2.05) is 114 Å². The summed E-state index contributed by atoms with van der Waals surface area (Å²) in [5.41, 5.74) is 4.47. The van der Waals surface area contributed by atoms with E-state index in [1.54, 1.807) is 11.8 Å². The van der Waals surface area contributed by atoms with E-state index < -0.39 is 0 Å². The van der Waals surface area contributed by atoms with Crippen LogP contribution in [0.3, 0.4) is 0 Å². The van der Waals surface area contributed by atoms with Crippen molar-refractivity contribution in [3.8, 4) is 5.75 Å². The Balaban J connectivity index is 1.19. The van der Waals surface area contributed by atoms with E-state index in [1.165, 1.54) is 0 Å². The van der Waals surface area contributed by atoms with Crippen LogP contribution in [0.4, 0.5) is 5.69 Å². The summed E-state index contributed by atoms with van der Waals surface area (Å²) in [6.45, 7) is 1.07. The van der Waals surface area contributed by atoms with E-state index in [0.29, 0.717) is 30.2 Å². The molecule has 4 aromatic rings. The Bertz CT molecular complexity index is 1310. The molecule has 2 amide bonds. The van der Waals surface area contributed by atoms with Crippen LogP contribution in [0.1, 0.15) is 32.4 Å². The standard InChI is InChI=1S/C30H26N2O3S/c33-28-21-36-30(32(28)19-22-7-3-1-4-8-22)25-13-11-24(12-14-25)29(34)31-26-15-17-27(18-16-26)35-20-23-9-5-2-6-10-23/h1-18,30H,19-21H2,(H,31,34)/t30-/m0/s1. The van der Waals surface area contributed by atoms with Gasteiger partial charge in [0.2, 0.25) is 5.91 Å². The van der Waals surface area contributed by atoms with Gasteiger partial charge >= 0.3 is 0 Å². The van der Waals surface area contributed by atoms with E-state index in [0.717, 1.165) is 22.4 Å². The number of rotatable bonds is 8. The first-order valence-electron chi connectivity index (χ1n) is 11.8. The number of benzene rings is 4. The first kappa shape index (κ1) is 23.7. The van der Waals surface area contributed by atoms with Gasteiger partial charge in [0, 0.05) is 17.8 Å². The number of nitrogens with one attached hydrogen (secondary N) is 1. The van der Waals surface area contributed by atoms with Crippen molar-refractivity contribution in [1.29, 1.82) is 0 Å². The highest BCUT2D eigenvalue weighted by Gasteiger charge is 2.32. The second-order valence-electron chi connectivity index (χ2n) is 8.55. The molecule has 0 aromatic heterocycles. The summed E-state index contributed by atoms with van der Waals surface area (Å²) < 4.78 is 5.81. The Morgan fingerprint density at radius 2 is 1.47 bits per heavy atom. The molecule has 5 rings (SSSR count). The highest BCUT2D eigenvalue weighted by atomic mass is 32.2. The zero-order valence-electron chi connectivity index (χ0n) is 19.7. The number of hydrogen-bond donors (Lipinski definition) is 1. The monoisotopic (exact) mass is 494 g/mol. The smallest absolute Gasteiger partial charge is 0.255 e. The third-order valence-corrected chi connectivity index (χ3v) is 7.24. The summed E-state index contributed by atoms with van der Waals surface area (Å²) in [6, 6.07) is 34.8. The van der Waals surface area contributed by atoms with Gasteiger partial charge in [-0.25, -0.2) is 0 Å². The lowest BCUT2D eigenvalue weighted by Gasteiger charge is -2.24. The Labute approximate surface area is 215 Å². The van der Waals surface area contributed by atoms with Crippen molar-refractivity contribution in [1.82, 2.24) is 4.90 Å². The second kappa shape index (κ2) is 11.1. The maximum atomic E-state index is 12.8. The van der Waals surface area contributed by atoms with Gasteiger partial charge < -0.3 is 15.0 Å². The summed E-state index contributed by atoms with van der Waals surface area (Å²) in [6.07, 6.45) is 0. The Kier molecular flexibility index (Phi) is 7.33. The van der Waals surface area contributed by atoms with E-state index in [9.17, 15) is 9.59 Å². The second-order valence-corrected chi connectivity index (χ2v) is 9.61. The SMILES string of the molecule is O=C(Nc1ccc(OCc2ccccc2)cc1)c1ccc([C@@H]2SCC(=O)N2Cc2ccccc2)cc1. The molecule has 0 radical (unpaired) electrons. The van der Waals surface area contributed by atoms with E-state index in [4.69, 9.17) is 4.74 Å². The van der Waals surface area contributed by atoms with Crippen LogP contribution in [0.5, 0.6) is 5.75 Å². The molecule has 1 heterocycles. The first-order chi connectivity index (χ1) is 17.7. The van der Waals surface area contributed by atoms with Gasteiger partial charge in [0.15, 0.2) is 0 Å². The van der Waals surface area contributed by atoms with Crippen LogP contribution >= 0.6 is 11.8 Å². The number of carbonyl (C=O) groups excluding carboxylic acids is 2. The van der Waals surface area contributed by atoms with E-state index in [-0.39, 0.29) is 17.2 Å². The quantitative estimate of drug-likeness (QED) is 0.313. The molecule has 1 aliphatic heterocycles. The molecule has 0 unspecified atom stereocenters. The molecule has 1 atom stereocenters. The van der Waals surface area contributed by atoms with Gasteiger partial charge in [0.1, 0.15) is 17.7 Å². The lowest BCUT2D eigenvalue weighted by Crippen LogP contribution is -2.27. The summed E-state index contributed by atoms with van der Waals surface area (Å²) >= 11 is 1.62. The molecule has 0 bridgehead atoms. The Morgan fingerprint density at radius 1 is 0.833 bits per heavy atom. The third-order valence-electron chi connectivity index (χ3n) is 5.98. The molecule has 0 saturated carbocycles. The molecular weight excluding hydrogens is 468 g/mol. The van der Waals surface area contributed by atoms with Crippen LogP contribution in [0.2, 0.25) is 0 Å². The summed E-state index contributed by atoms with van der Waals surface area (Å²) in [4.78, 5) is 27.2. The van der Waals surface area contributed by atoms with Crippen molar-refractivity contribution in [2.45, 2.75) is 18.5 Å². The minimum absolute atomic E-state index is 0.0572. The van der Waals surface area contributed by atoms with Crippen LogP contribution in [0, 0.1) is 0 Å². The molecular formula is C30H26N2O3S. The summed E-state index contributed by atoms with van der Waals surface area (Å²) in [5, 5.41) is 2.88. The molecule has 1 N–H and O–H groups in total. The highest BCUT2D eigenvalue weighted by Crippen LogP contribution is 2.39. The molecule has 1 aliphatic rings. The average molecular weight is 495 g/mol. The van der Waals surface area contributed by atoms with Gasteiger partial charge in [-0.15, -0.1) is 11.8 Å². The van der Waals surface area contributed by atoms with Gasteiger partial charge in [-0.3, -0.25) is 9.59 Å². The van der Waals surface area contributed by atoms with Gasteiger partial charge in [0.25, 0.3) is 5.91 Å². The van der Waals surface area contributed by atoms with E-state index >= 15 is 0 Å². The Morgan fingerprint density at radius 3 is 2.14 bits per heavy atom. The van der Waals surface area contributed by atoms with E-state index in [2.05, 4.69) is 5.32 Å². The predicted molar refractivity (Wildman–Crippen MR) is 144 cm³/mol. The number of hydrogen-bond acceptors (Lipinski definition) is 4. The number of ether oxygens (including phenoxy) is 1. The van der Waals surface area contributed by atoms with Crippen molar-refractivity contribution >= 4 is 29.3 Å². The molecule has 36 heavy (non-hydrogen) atoms. The number of carbonyl (C=O) groups is 2. The van der Waals surface area contributed by atoms with Crippen LogP contribution in [-0.4, -0.2) is 22.5 Å². The van der Waals surface area contributed by atoms with Crippen molar-refractivity contribution in [2.75, 3.05) is 11.1 Å². The third kappa shape index (κ3) is 5.78. The normalized spacial score (nSPS) is 15.1. The Hall–Kier alpha value is -4.03. The van der Waals surface area contributed by atoms with Crippen molar-refractivity contribution < 1.29 is 14.3 Å². The number of thioether (sulfide) groups is 1. The van der Waals surface area contributed by atoms with Crippen molar-refractivity contribution in [3.05, 3.63) is 131 Å². The van der Waals surface area contributed by atoms with Crippen molar-refractivity contribution in [3.63, 3.8) is 0 Å². The molecule has 4 aromatic carbocycles.